The van der Waals surface area contributed by atoms with Crippen LogP contribution in [0.1, 0.15) is 19.4 Å². The van der Waals surface area contributed by atoms with Gasteiger partial charge in [-0.05, 0) is 29.0 Å². The first-order valence-corrected chi connectivity index (χ1v) is 5.38. The van der Waals surface area contributed by atoms with Gasteiger partial charge in [0.15, 0.2) is 0 Å². The van der Waals surface area contributed by atoms with Gasteiger partial charge in [-0.15, -0.1) is 0 Å². The number of rotatable bonds is 2. The average molecular weight is 204 g/mol. The van der Waals surface area contributed by atoms with Crippen LogP contribution in [0.4, 0.5) is 0 Å². The van der Waals surface area contributed by atoms with E-state index in [2.05, 4.69) is 0 Å². The topological polar surface area (TPSA) is 61.1 Å². The summed E-state index contributed by atoms with van der Waals surface area (Å²) >= 11 is 1.24. The molecule has 1 aromatic rings. The number of thiophene rings is 1. The average Bonchev–Trinajstić information content (AvgIpc) is 2.30. The summed E-state index contributed by atoms with van der Waals surface area (Å²) in [6, 6.07) is 1.60. The van der Waals surface area contributed by atoms with Crippen LogP contribution in [0, 0.1) is 4.78 Å². The van der Waals surface area contributed by atoms with Crippen molar-refractivity contribution in [3.63, 3.8) is 0 Å². The highest BCUT2D eigenvalue weighted by atomic mass is 32.2. The third kappa shape index (κ3) is 2.06. The SMILES string of the molecule is CC(C)(O)c1csc([S-](=N)=O)c1. The maximum absolute atomic E-state index is 10.7. The minimum atomic E-state index is -1.69. The summed E-state index contributed by atoms with van der Waals surface area (Å²) in [4.78, 5) is 0. The first-order chi connectivity index (χ1) is 5.41. The van der Waals surface area contributed by atoms with Gasteiger partial charge in [0, 0.05) is 0 Å². The summed E-state index contributed by atoms with van der Waals surface area (Å²) < 4.78 is 18.1. The molecule has 2 N–H and O–H groups in total. The molecule has 0 fully saturated rings. The van der Waals surface area contributed by atoms with Gasteiger partial charge in [0.25, 0.3) is 0 Å². The second-order valence-corrected chi connectivity index (χ2v) is 5.13. The number of nitrogens with one attached hydrogen (secondary N) is 1. The zero-order chi connectivity index (χ0) is 9.35. The lowest BCUT2D eigenvalue weighted by Gasteiger charge is -2.14. The summed E-state index contributed by atoms with van der Waals surface area (Å²) in [6.45, 7) is 3.32. The quantitative estimate of drug-likeness (QED) is 0.724. The zero-order valence-electron chi connectivity index (χ0n) is 6.83. The monoisotopic (exact) mass is 204 g/mol. The van der Waals surface area contributed by atoms with Gasteiger partial charge in [0.1, 0.15) is 0 Å². The van der Waals surface area contributed by atoms with E-state index in [9.17, 15) is 9.32 Å². The van der Waals surface area contributed by atoms with Crippen LogP contribution in [0.15, 0.2) is 15.7 Å². The molecule has 0 bridgehead atoms. The van der Waals surface area contributed by atoms with Crippen molar-refractivity contribution in [1.82, 2.24) is 0 Å². The van der Waals surface area contributed by atoms with E-state index >= 15 is 0 Å². The van der Waals surface area contributed by atoms with Crippen LogP contribution in [0.2, 0.25) is 0 Å². The second kappa shape index (κ2) is 3.16. The van der Waals surface area contributed by atoms with E-state index in [0.29, 0.717) is 9.77 Å². The highest BCUT2D eigenvalue weighted by Crippen LogP contribution is 2.25. The smallest absolute Gasteiger partial charge is 0.0847 e. The summed E-state index contributed by atoms with van der Waals surface area (Å²) in [7, 11) is -1.69. The van der Waals surface area contributed by atoms with E-state index < -0.39 is 16.2 Å². The van der Waals surface area contributed by atoms with Crippen molar-refractivity contribution in [2.24, 2.45) is 0 Å². The van der Waals surface area contributed by atoms with Crippen molar-refractivity contribution in [3.8, 4) is 0 Å². The Hall–Kier alpha value is -0.390. The molecule has 12 heavy (non-hydrogen) atoms. The predicted molar refractivity (Wildman–Crippen MR) is 48.6 cm³/mol. The number of aliphatic hydroxyl groups is 1. The van der Waals surface area contributed by atoms with Crippen LogP contribution in [0.3, 0.4) is 0 Å². The van der Waals surface area contributed by atoms with E-state index in [4.69, 9.17) is 4.78 Å². The van der Waals surface area contributed by atoms with E-state index in [0.717, 1.165) is 0 Å². The normalized spacial score (nSPS) is 12.3. The van der Waals surface area contributed by atoms with E-state index in [-0.39, 0.29) is 0 Å². The molecule has 0 spiro atoms. The summed E-state index contributed by atoms with van der Waals surface area (Å²) in [5, 5.41) is 11.3. The third-order valence-electron chi connectivity index (χ3n) is 1.46. The molecule has 0 aliphatic carbocycles. The standard InChI is InChI=1S/C7H10NO2S2/c1-7(2,9)5-3-6(11-4-5)12(8)10/h3-4,8-9H,1-2H3/q-1. The molecule has 1 rings (SSSR count). The lowest BCUT2D eigenvalue weighted by Crippen LogP contribution is -2.13. The molecule has 1 heterocycles. The van der Waals surface area contributed by atoms with Crippen molar-refractivity contribution in [2.75, 3.05) is 0 Å². The first kappa shape index (κ1) is 9.70. The van der Waals surface area contributed by atoms with Crippen molar-refractivity contribution in [2.45, 2.75) is 23.7 Å². The van der Waals surface area contributed by atoms with E-state index in [1.807, 2.05) is 0 Å². The van der Waals surface area contributed by atoms with Gasteiger partial charge in [0.05, 0.1) is 5.60 Å². The fourth-order valence-electron chi connectivity index (χ4n) is 0.735. The first-order valence-electron chi connectivity index (χ1n) is 3.35. The van der Waals surface area contributed by atoms with Crippen molar-refractivity contribution in [3.05, 3.63) is 17.0 Å². The van der Waals surface area contributed by atoms with Gasteiger partial charge in [-0.2, -0.15) is 21.9 Å². The van der Waals surface area contributed by atoms with Crippen molar-refractivity contribution in [1.29, 1.82) is 4.78 Å². The van der Waals surface area contributed by atoms with Gasteiger partial charge < -0.3 is 14.1 Å². The number of hydrogen-bond acceptors (Lipinski definition) is 5. The molecule has 3 nitrogen and oxygen atoms in total. The Kier molecular flexibility index (Phi) is 2.55. The van der Waals surface area contributed by atoms with E-state index in [1.54, 1.807) is 25.3 Å². The fourth-order valence-corrected chi connectivity index (χ4v) is 2.26. The molecule has 0 radical (unpaired) electrons. The predicted octanol–water partition coefficient (Wildman–Crippen LogP) is 2.06. The lowest BCUT2D eigenvalue weighted by molar-refractivity contribution is 0.0789. The molecular formula is C7H10NO2S2-. The Labute approximate surface area is 77.1 Å². The van der Waals surface area contributed by atoms with Crippen LogP contribution in [0.25, 0.3) is 0 Å². The molecule has 5 heteroatoms. The Morgan fingerprint density at radius 1 is 1.67 bits per heavy atom. The molecule has 0 atom stereocenters. The Bertz CT molecular complexity index is 339. The maximum atomic E-state index is 10.7. The fraction of sp³-hybridized carbons (Fsp3) is 0.429. The molecule has 0 saturated carbocycles. The van der Waals surface area contributed by atoms with Crippen molar-refractivity contribution >= 4 is 21.9 Å². The Morgan fingerprint density at radius 2 is 2.25 bits per heavy atom. The largest absolute Gasteiger partial charge is 0.440 e. The maximum Gasteiger partial charge on any atom is 0.0847 e. The molecule has 0 saturated heterocycles. The van der Waals surface area contributed by atoms with Gasteiger partial charge in [-0.1, -0.05) is 6.07 Å². The van der Waals surface area contributed by atoms with E-state index in [1.165, 1.54) is 11.3 Å². The van der Waals surface area contributed by atoms with Gasteiger partial charge in [0.2, 0.25) is 0 Å². The molecule has 0 aliphatic rings. The van der Waals surface area contributed by atoms with Crippen molar-refractivity contribution < 1.29 is 9.32 Å². The summed E-state index contributed by atoms with van der Waals surface area (Å²) in [5.74, 6) is 0. The molecule has 1 aromatic heterocycles. The molecule has 0 aliphatic heterocycles. The van der Waals surface area contributed by atoms with Crippen LogP contribution in [-0.4, -0.2) is 5.11 Å². The third-order valence-corrected chi connectivity index (χ3v) is 3.41. The molecule has 0 amide bonds. The van der Waals surface area contributed by atoms with Crippen LogP contribution >= 0.6 is 11.3 Å². The Morgan fingerprint density at radius 3 is 2.50 bits per heavy atom. The second-order valence-electron chi connectivity index (χ2n) is 2.98. The van der Waals surface area contributed by atoms with Gasteiger partial charge >= 0.3 is 0 Å². The molecule has 0 unspecified atom stereocenters. The minimum Gasteiger partial charge on any atom is -0.440 e. The summed E-state index contributed by atoms with van der Waals surface area (Å²) in [5.41, 5.74) is -0.197. The summed E-state index contributed by atoms with van der Waals surface area (Å²) in [6.07, 6.45) is 0. The highest BCUT2D eigenvalue weighted by molar-refractivity contribution is 7.76. The molecule has 0 aromatic carbocycles. The lowest BCUT2D eigenvalue weighted by atomic mass is 10.0. The number of hydrogen-bond donors (Lipinski definition) is 2. The molecule has 68 valence electrons. The van der Waals surface area contributed by atoms with Crippen LogP contribution in [-0.2, 0) is 20.4 Å². The highest BCUT2D eigenvalue weighted by Gasteiger charge is 2.16. The molecular weight excluding hydrogens is 194 g/mol. The Balaban J connectivity index is 3.08. The zero-order valence-corrected chi connectivity index (χ0v) is 8.46. The minimum absolute atomic E-state index is 0.479. The van der Waals surface area contributed by atoms with Crippen LogP contribution in [0.5, 0.6) is 0 Å². The van der Waals surface area contributed by atoms with Crippen LogP contribution < -0.4 is 0 Å². The van der Waals surface area contributed by atoms with Gasteiger partial charge in [-0.25, -0.2) is 0 Å². The van der Waals surface area contributed by atoms with Gasteiger partial charge in [-0.3, -0.25) is 0 Å².